The normalized spacial score (nSPS) is 11.4. The number of thiazole rings is 1. The summed E-state index contributed by atoms with van der Waals surface area (Å²) in [6.45, 7) is 7.32. The molecule has 2 rings (SSSR count). The van der Waals surface area contributed by atoms with Crippen molar-refractivity contribution < 1.29 is 4.79 Å². The van der Waals surface area contributed by atoms with Crippen LogP contribution in [0.15, 0.2) is 29.6 Å². The zero-order valence-corrected chi connectivity index (χ0v) is 13.5. The molecule has 0 bridgehead atoms. The molecular weight excluding hydrogens is 282 g/mol. The lowest BCUT2D eigenvalue weighted by Gasteiger charge is -2.14. The Morgan fingerprint density at radius 1 is 1.29 bits per heavy atom. The van der Waals surface area contributed by atoms with Crippen LogP contribution in [-0.2, 0) is 18.5 Å². The van der Waals surface area contributed by atoms with Gasteiger partial charge in [-0.15, -0.1) is 11.3 Å². The molecule has 0 radical (unpaired) electrons. The summed E-state index contributed by atoms with van der Waals surface area (Å²) in [5.74, 6) is -0.0916. The second kappa shape index (κ2) is 6.37. The summed E-state index contributed by atoms with van der Waals surface area (Å²) in [7, 11) is 0. The number of nitrogens with one attached hydrogen (secondary N) is 1. The van der Waals surface area contributed by atoms with E-state index >= 15 is 0 Å². The Labute approximate surface area is 129 Å². The van der Waals surface area contributed by atoms with Gasteiger partial charge in [-0.25, -0.2) is 4.98 Å². The SMILES string of the molecule is CC(C)(C)c1csc(CNC(=O)c2ccc(CN)cc2)n1. The Balaban J connectivity index is 1.95. The van der Waals surface area contributed by atoms with Crippen molar-refractivity contribution in [2.75, 3.05) is 0 Å². The summed E-state index contributed by atoms with van der Waals surface area (Å²) in [4.78, 5) is 16.6. The number of hydrogen-bond donors (Lipinski definition) is 2. The summed E-state index contributed by atoms with van der Waals surface area (Å²) in [6, 6.07) is 7.33. The Morgan fingerprint density at radius 3 is 2.48 bits per heavy atom. The molecule has 1 aromatic heterocycles. The monoisotopic (exact) mass is 303 g/mol. The predicted molar refractivity (Wildman–Crippen MR) is 86.3 cm³/mol. The Morgan fingerprint density at radius 2 is 1.95 bits per heavy atom. The molecule has 1 amide bonds. The number of nitrogens with two attached hydrogens (primary N) is 1. The number of carbonyl (C=O) groups is 1. The highest BCUT2D eigenvalue weighted by Crippen LogP contribution is 2.23. The molecule has 0 unspecified atom stereocenters. The van der Waals surface area contributed by atoms with Crippen LogP contribution in [0.4, 0.5) is 0 Å². The van der Waals surface area contributed by atoms with E-state index in [1.165, 1.54) is 0 Å². The van der Waals surface area contributed by atoms with Gasteiger partial charge < -0.3 is 11.1 Å². The number of benzene rings is 1. The van der Waals surface area contributed by atoms with Crippen molar-refractivity contribution in [2.24, 2.45) is 5.73 Å². The average Bonchev–Trinajstić information content (AvgIpc) is 2.94. The van der Waals surface area contributed by atoms with E-state index < -0.39 is 0 Å². The van der Waals surface area contributed by atoms with E-state index in [2.05, 4.69) is 36.5 Å². The molecule has 0 fully saturated rings. The van der Waals surface area contributed by atoms with Crippen molar-refractivity contribution in [3.63, 3.8) is 0 Å². The number of hydrogen-bond acceptors (Lipinski definition) is 4. The average molecular weight is 303 g/mol. The van der Waals surface area contributed by atoms with Crippen molar-refractivity contribution in [3.05, 3.63) is 51.5 Å². The second-order valence-electron chi connectivity index (χ2n) is 5.96. The van der Waals surface area contributed by atoms with E-state index in [0.29, 0.717) is 18.7 Å². The van der Waals surface area contributed by atoms with Gasteiger partial charge in [0.15, 0.2) is 0 Å². The summed E-state index contributed by atoms with van der Waals surface area (Å²) in [5, 5.41) is 5.87. The third-order valence-corrected chi connectivity index (χ3v) is 4.02. The standard InChI is InChI=1S/C16H21N3OS/c1-16(2,3)13-10-21-14(19-13)9-18-15(20)12-6-4-11(8-17)5-7-12/h4-7,10H,8-9,17H2,1-3H3,(H,18,20). The van der Waals surface area contributed by atoms with Gasteiger partial charge in [0.05, 0.1) is 12.2 Å². The molecule has 0 aliphatic rings. The maximum Gasteiger partial charge on any atom is 0.251 e. The fourth-order valence-electron chi connectivity index (χ4n) is 1.79. The van der Waals surface area contributed by atoms with Crippen LogP contribution in [0.5, 0.6) is 0 Å². The fourth-order valence-corrected chi connectivity index (χ4v) is 2.75. The van der Waals surface area contributed by atoms with Crippen LogP contribution in [0.2, 0.25) is 0 Å². The molecule has 0 saturated carbocycles. The molecule has 0 aliphatic carbocycles. The molecule has 0 spiro atoms. The van der Waals surface area contributed by atoms with Gasteiger partial charge in [0.2, 0.25) is 0 Å². The minimum Gasteiger partial charge on any atom is -0.346 e. The van der Waals surface area contributed by atoms with Crippen LogP contribution >= 0.6 is 11.3 Å². The number of aromatic nitrogens is 1. The number of rotatable bonds is 4. The van der Waals surface area contributed by atoms with Gasteiger partial charge in [-0.1, -0.05) is 32.9 Å². The molecular formula is C16H21N3OS. The molecule has 4 nitrogen and oxygen atoms in total. The van der Waals surface area contributed by atoms with E-state index in [1.807, 2.05) is 12.1 Å². The summed E-state index contributed by atoms with van der Waals surface area (Å²) >= 11 is 1.58. The molecule has 21 heavy (non-hydrogen) atoms. The van der Waals surface area contributed by atoms with Gasteiger partial charge in [0.25, 0.3) is 5.91 Å². The van der Waals surface area contributed by atoms with E-state index in [-0.39, 0.29) is 11.3 Å². The number of nitrogens with zero attached hydrogens (tertiary/aromatic N) is 1. The Hall–Kier alpha value is -1.72. The summed E-state index contributed by atoms with van der Waals surface area (Å²) in [5.41, 5.74) is 8.29. The van der Waals surface area contributed by atoms with Gasteiger partial charge >= 0.3 is 0 Å². The van der Waals surface area contributed by atoms with Crippen molar-refractivity contribution in [1.29, 1.82) is 0 Å². The van der Waals surface area contributed by atoms with Gasteiger partial charge in [-0.3, -0.25) is 4.79 Å². The van der Waals surface area contributed by atoms with Crippen LogP contribution in [0.1, 0.15) is 47.4 Å². The largest absolute Gasteiger partial charge is 0.346 e. The zero-order valence-electron chi connectivity index (χ0n) is 12.6. The van der Waals surface area contributed by atoms with Crippen LogP contribution in [-0.4, -0.2) is 10.9 Å². The minimum absolute atomic E-state index is 0.0385. The molecule has 0 aliphatic heterocycles. The van der Waals surface area contributed by atoms with Crippen molar-refractivity contribution in [3.8, 4) is 0 Å². The topological polar surface area (TPSA) is 68.0 Å². The van der Waals surface area contributed by atoms with Gasteiger partial charge in [-0.05, 0) is 17.7 Å². The fraction of sp³-hybridized carbons (Fsp3) is 0.375. The summed E-state index contributed by atoms with van der Waals surface area (Å²) < 4.78 is 0. The first kappa shape index (κ1) is 15.7. The molecule has 5 heteroatoms. The van der Waals surface area contributed by atoms with E-state index in [0.717, 1.165) is 16.3 Å². The first-order chi connectivity index (χ1) is 9.90. The lowest BCUT2D eigenvalue weighted by Crippen LogP contribution is -2.23. The van der Waals surface area contributed by atoms with Gasteiger partial charge in [-0.2, -0.15) is 0 Å². The quantitative estimate of drug-likeness (QED) is 0.912. The third kappa shape index (κ3) is 4.12. The third-order valence-electron chi connectivity index (χ3n) is 3.17. The summed E-state index contributed by atoms with van der Waals surface area (Å²) in [6.07, 6.45) is 0. The lowest BCUT2D eigenvalue weighted by molar-refractivity contribution is 0.0951. The molecule has 3 N–H and O–H groups in total. The number of carbonyl (C=O) groups excluding carboxylic acids is 1. The molecule has 112 valence electrons. The zero-order chi connectivity index (χ0) is 15.5. The van der Waals surface area contributed by atoms with Crippen molar-refractivity contribution in [2.45, 2.75) is 39.3 Å². The van der Waals surface area contributed by atoms with Gasteiger partial charge in [0, 0.05) is 22.9 Å². The molecule has 1 aromatic carbocycles. The van der Waals surface area contributed by atoms with Crippen LogP contribution < -0.4 is 11.1 Å². The Bertz CT molecular complexity index is 611. The smallest absolute Gasteiger partial charge is 0.251 e. The highest BCUT2D eigenvalue weighted by atomic mass is 32.1. The molecule has 0 saturated heterocycles. The van der Waals surface area contributed by atoms with Crippen LogP contribution in [0.25, 0.3) is 0 Å². The van der Waals surface area contributed by atoms with E-state index in [9.17, 15) is 4.79 Å². The predicted octanol–water partition coefficient (Wildman–Crippen LogP) is 2.83. The second-order valence-corrected chi connectivity index (χ2v) is 6.90. The van der Waals surface area contributed by atoms with Crippen molar-refractivity contribution >= 4 is 17.2 Å². The van der Waals surface area contributed by atoms with Crippen LogP contribution in [0, 0.1) is 0 Å². The lowest BCUT2D eigenvalue weighted by atomic mass is 9.93. The molecule has 0 atom stereocenters. The molecule has 1 heterocycles. The highest BCUT2D eigenvalue weighted by molar-refractivity contribution is 7.09. The van der Waals surface area contributed by atoms with E-state index in [1.54, 1.807) is 23.5 Å². The first-order valence-electron chi connectivity index (χ1n) is 6.92. The first-order valence-corrected chi connectivity index (χ1v) is 7.80. The minimum atomic E-state index is -0.0916. The van der Waals surface area contributed by atoms with Gasteiger partial charge in [0.1, 0.15) is 5.01 Å². The van der Waals surface area contributed by atoms with E-state index in [4.69, 9.17) is 5.73 Å². The molecule has 2 aromatic rings. The maximum absolute atomic E-state index is 12.1. The maximum atomic E-state index is 12.1. The van der Waals surface area contributed by atoms with Crippen LogP contribution in [0.3, 0.4) is 0 Å². The highest BCUT2D eigenvalue weighted by Gasteiger charge is 2.17. The van der Waals surface area contributed by atoms with Crippen molar-refractivity contribution in [1.82, 2.24) is 10.3 Å². The Kier molecular flexibility index (Phi) is 4.75. The number of amides is 1.